The van der Waals surface area contributed by atoms with E-state index < -0.39 is 12.3 Å². The molecule has 0 radical (unpaired) electrons. The van der Waals surface area contributed by atoms with Crippen LogP contribution in [0.2, 0.25) is 0 Å². The average molecular weight is 244 g/mol. The summed E-state index contributed by atoms with van der Waals surface area (Å²) in [6, 6.07) is 9.56. The first-order valence-corrected chi connectivity index (χ1v) is 6.14. The predicted octanol–water partition coefficient (Wildman–Crippen LogP) is 3.31. The molecule has 3 heteroatoms. The Bertz CT molecular complexity index is 447. The van der Waals surface area contributed by atoms with E-state index in [1.165, 1.54) is 0 Å². The second kappa shape index (κ2) is 5.59. The van der Waals surface area contributed by atoms with E-state index in [9.17, 15) is 4.79 Å². The van der Waals surface area contributed by atoms with Gasteiger partial charge in [-0.1, -0.05) is 49.6 Å². The summed E-state index contributed by atoms with van der Waals surface area (Å²) in [5.41, 5.74) is 0.921. The lowest BCUT2D eigenvalue weighted by Crippen LogP contribution is -2.24. The van der Waals surface area contributed by atoms with Crippen molar-refractivity contribution in [3.8, 4) is 12.3 Å². The van der Waals surface area contributed by atoms with Crippen LogP contribution in [0.25, 0.3) is 0 Å². The lowest BCUT2D eigenvalue weighted by atomic mass is 9.91. The summed E-state index contributed by atoms with van der Waals surface area (Å²) in [6.45, 7) is 2.06. The lowest BCUT2D eigenvalue weighted by molar-refractivity contribution is 0.105. The average Bonchev–Trinajstić information content (AvgIpc) is 2.79. The Balaban J connectivity index is 2.23. The zero-order chi connectivity index (χ0) is 13.0. The van der Waals surface area contributed by atoms with Gasteiger partial charge in [-0.2, -0.15) is 0 Å². The van der Waals surface area contributed by atoms with Crippen LogP contribution in [0.5, 0.6) is 0 Å². The third-order valence-electron chi connectivity index (χ3n) is 3.09. The maximum absolute atomic E-state index is 11.3. The van der Waals surface area contributed by atoms with Crippen molar-refractivity contribution in [2.45, 2.75) is 32.0 Å². The molecule has 1 aliphatic rings. The van der Waals surface area contributed by atoms with Crippen molar-refractivity contribution in [2.24, 2.45) is 5.92 Å². The number of rotatable bonds is 4. The molecule has 1 saturated heterocycles. The van der Waals surface area contributed by atoms with Crippen molar-refractivity contribution in [2.75, 3.05) is 0 Å². The molecule has 0 aromatic heterocycles. The number of carbonyl (C=O) groups excluding carboxylic acids is 1. The Hall–Kier alpha value is -1.95. The van der Waals surface area contributed by atoms with Gasteiger partial charge in [0, 0.05) is 0 Å². The van der Waals surface area contributed by atoms with E-state index in [-0.39, 0.29) is 12.0 Å². The highest BCUT2D eigenvalue weighted by Crippen LogP contribution is 2.35. The molecular formula is C15H16O3. The van der Waals surface area contributed by atoms with E-state index in [0.29, 0.717) is 0 Å². The Morgan fingerprint density at radius 2 is 2.06 bits per heavy atom. The molecule has 0 aliphatic carbocycles. The van der Waals surface area contributed by atoms with Gasteiger partial charge in [0.15, 0.2) is 12.2 Å². The normalized spacial score (nSPS) is 23.9. The summed E-state index contributed by atoms with van der Waals surface area (Å²) in [6.07, 6.45) is 5.88. The maximum atomic E-state index is 11.3. The van der Waals surface area contributed by atoms with Gasteiger partial charge in [0.05, 0.1) is 5.92 Å². The predicted molar refractivity (Wildman–Crippen MR) is 67.8 cm³/mol. The minimum Gasteiger partial charge on any atom is -0.425 e. The van der Waals surface area contributed by atoms with Crippen molar-refractivity contribution in [1.29, 1.82) is 0 Å². The number of carbonyl (C=O) groups is 1. The lowest BCUT2D eigenvalue weighted by Gasteiger charge is -2.20. The standard InChI is InChI=1S/C15H16O3/c1-3-8-11(4-2)13-14(18-15(16)17-13)12-9-6-5-7-10-12/h2,5-7,9-11,13-14H,3,8H2,1H3/t11-,13+,14-/m1/s1. The maximum Gasteiger partial charge on any atom is 0.509 e. The van der Waals surface area contributed by atoms with Crippen molar-refractivity contribution in [3.63, 3.8) is 0 Å². The minimum absolute atomic E-state index is 0.105. The van der Waals surface area contributed by atoms with Gasteiger partial charge in [0.1, 0.15) is 0 Å². The Kier molecular flexibility index (Phi) is 3.88. The fraction of sp³-hybridized carbons (Fsp3) is 0.400. The molecule has 2 rings (SSSR count). The fourth-order valence-electron chi connectivity index (χ4n) is 2.22. The van der Waals surface area contributed by atoms with Gasteiger partial charge in [0.25, 0.3) is 0 Å². The van der Waals surface area contributed by atoms with Crippen LogP contribution in [0.3, 0.4) is 0 Å². The summed E-state index contributed by atoms with van der Waals surface area (Å²) >= 11 is 0. The van der Waals surface area contributed by atoms with E-state index in [1.807, 2.05) is 30.3 Å². The summed E-state index contributed by atoms with van der Waals surface area (Å²) in [5.74, 6) is 2.60. The molecule has 0 amide bonds. The van der Waals surface area contributed by atoms with E-state index in [4.69, 9.17) is 15.9 Å². The highest BCUT2D eigenvalue weighted by molar-refractivity contribution is 5.63. The number of cyclic esters (lactones) is 2. The molecule has 1 heterocycles. The first-order valence-electron chi connectivity index (χ1n) is 6.14. The molecular weight excluding hydrogens is 228 g/mol. The molecule has 0 N–H and O–H groups in total. The minimum atomic E-state index is -0.634. The third-order valence-corrected chi connectivity index (χ3v) is 3.09. The summed E-state index contributed by atoms with van der Waals surface area (Å²) < 4.78 is 10.5. The smallest absolute Gasteiger partial charge is 0.425 e. The first kappa shape index (κ1) is 12.5. The molecule has 18 heavy (non-hydrogen) atoms. The van der Waals surface area contributed by atoms with Crippen LogP contribution in [0, 0.1) is 18.3 Å². The molecule has 1 fully saturated rings. The fourth-order valence-corrected chi connectivity index (χ4v) is 2.22. The van der Waals surface area contributed by atoms with E-state index in [0.717, 1.165) is 18.4 Å². The van der Waals surface area contributed by atoms with Crippen LogP contribution in [0.1, 0.15) is 31.4 Å². The Labute approximate surface area is 107 Å². The van der Waals surface area contributed by atoms with Gasteiger partial charge >= 0.3 is 6.16 Å². The van der Waals surface area contributed by atoms with E-state index >= 15 is 0 Å². The number of terminal acetylenes is 1. The highest BCUT2D eigenvalue weighted by atomic mass is 16.8. The Morgan fingerprint density at radius 3 is 2.67 bits per heavy atom. The van der Waals surface area contributed by atoms with Crippen molar-refractivity contribution >= 4 is 6.16 Å². The van der Waals surface area contributed by atoms with Gasteiger partial charge in [-0.15, -0.1) is 6.42 Å². The topological polar surface area (TPSA) is 35.5 Å². The number of hydrogen-bond donors (Lipinski definition) is 0. The van der Waals surface area contributed by atoms with Crippen LogP contribution in [0.15, 0.2) is 30.3 Å². The molecule has 0 unspecified atom stereocenters. The third kappa shape index (κ3) is 2.48. The summed E-state index contributed by atoms with van der Waals surface area (Å²) in [4.78, 5) is 11.3. The van der Waals surface area contributed by atoms with E-state index in [2.05, 4.69) is 12.8 Å². The Morgan fingerprint density at radius 1 is 1.33 bits per heavy atom. The monoisotopic (exact) mass is 244 g/mol. The largest absolute Gasteiger partial charge is 0.509 e. The summed E-state index contributed by atoms with van der Waals surface area (Å²) in [7, 11) is 0. The molecule has 0 bridgehead atoms. The molecule has 1 aromatic rings. The molecule has 3 atom stereocenters. The molecule has 1 aliphatic heterocycles. The second-order valence-electron chi connectivity index (χ2n) is 4.34. The SMILES string of the molecule is C#C[C@H](CCC)[C@@H]1OC(=O)O[C@@H]1c1ccccc1. The molecule has 94 valence electrons. The van der Waals surface area contributed by atoms with Gasteiger partial charge in [-0.25, -0.2) is 4.79 Å². The van der Waals surface area contributed by atoms with Crippen molar-refractivity contribution in [3.05, 3.63) is 35.9 Å². The van der Waals surface area contributed by atoms with Crippen LogP contribution in [0.4, 0.5) is 4.79 Å². The van der Waals surface area contributed by atoms with Gasteiger partial charge in [-0.3, -0.25) is 0 Å². The van der Waals surface area contributed by atoms with Gasteiger partial charge in [0.2, 0.25) is 0 Å². The molecule has 0 spiro atoms. The van der Waals surface area contributed by atoms with Gasteiger partial charge < -0.3 is 9.47 Å². The van der Waals surface area contributed by atoms with E-state index in [1.54, 1.807) is 0 Å². The van der Waals surface area contributed by atoms with Gasteiger partial charge in [-0.05, 0) is 12.0 Å². The number of benzene rings is 1. The molecule has 3 nitrogen and oxygen atoms in total. The van der Waals surface area contributed by atoms with Crippen LogP contribution >= 0.6 is 0 Å². The molecule has 0 saturated carbocycles. The number of ether oxygens (including phenoxy) is 2. The van der Waals surface area contributed by atoms with Crippen LogP contribution < -0.4 is 0 Å². The van der Waals surface area contributed by atoms with Crippen molar-refractivity contribution < 1.29 is 14.3 Å². The quantitative estimate of drug-likeness (QED) is 0.602. The molecule has 1 aromatic carbocycles. The van der Waals surface area contributed by atoms with Crippen LogP contribution in [-0.4, -0.2) is 12.3 Å². The zero-order valence-electron chi connectivity index (χ0n) is 10.3. The van der Waals surface area contributed by atoms with Crippen LogP contribution in [-0.2, 0) is 9.47 Å². The number of hydrogen-bond acceptors (Lipinski definition) is 3. The first-order chi connectivity index (χ1) is 8.76. The summed E-state index contributed by atoms with van der Waals surface area (Å²) in [5, 5.41) is 0. The van der Waals surface area contributed by atoms with Crippen molar-refractivity contribution in [1.82, 2.24) is 0 Å². The highest BCUT2D eigenvalue weighted by Gasteiger charge is 2.41. The second-order valence-corrected chi connectivity index (χ2v) is 4.34. The zero-order valence-corrected chi connectivity index (χ0v) is 10.3.